The van der Waals surface area contributed by atoms with Gasteiger partial charge in [-0.25, -0.2) is 4.98 Å². The molecule has 0 radical (unpaired) electrons. The molecule has 0 spiro atoms. The largest absolute Gasteiger partial charge is 0.342 e. The molecular formula is C11H13ClN6O. The summed E-state index contributed by atoms with van der Waals surface area (Å²) in [6.07, 6.45) is 3.10. The van der Waals surface area contributed by atoms with Crippen LogP contribution in [0.15, 0.2) is 18.3 Å². The Morgan fingerprint density at radius 1 is 1.58 bits per heavy atom. The number of hydrogen-bond acceptors (Lipinski definition) is 5. The third-order valence-electron chi connectivity index (χ3n) is 2.54. The molecule has 2 heterocycles. The van der Waals surface area contributed by atoms with E-state index in [1.807, 2.05) is 6.92 Å². The molecule has 0 aliphatic rings. The summed E-state index contributed by atoms with van der Waals surface area (Å²) in [4.78, 5) is 15.9. The first-order chi connectivity index (χ1) is 9.20. The molecule has 0 unspecified atom stereocenters. The second-order valence-corrected chi connectivity index (χ2v) is 4.34. The van der Waals surface area contributed by atoms with Crippen LogP contribution in [0.3, 0.4) is 0 Å². The number of halogens is 1. The Bertz CT molecular complexity index is 544. The average Bonchev–Trinajstić information content (AvgIpc) is 2.92. The Morgan fingerprint density at radius 3 is 3.05 bits per heavy atom. The van der Waals surface area contributed by atoms with Gasteiger partial charge in [0.25, 0.3) is 5.91 Å². The van der Waals surface area contributed by atoms with Crippen molar-refractivity contribution in [1.82, 2.24) is 30.9 Å². The van der Waals surface area contributed by atoms with Crippen LogP contribution in [-0.4, -0.2) is 31.5 Å². The molecule has 2 aromatic rings. The number of amides is 1. The van der Waals surface area contributed by atoms with Gasteiger partial charge >= 0.3 is 0 Å². The van der Waals surface area contributed by atoms with Crippen LogP contribution in [0.4, 0.5) is 0 Å². The molecule has 2 rings (SSSR count). The summed E-state index contributed by atoms with van der Waals surface area (Å²) < 4.78 is 0. The number of H-pyrrole nitrogens is 1. The smallest absolute Gasteiger partial charge is 0.252 e. The highest BCUT2D eigenvalue weighted by Gasteiger charge is 2.18. The van der Waals surface area contributed by atoms with Crippen molar-refractivity contribution in [1.29, 1.82) is 0 Å². The van der Waals surface area contributed by atoms with E-state index >= 15 is 0 Å². The predicted molar refractivity (Wildman–Crippen MR) is 68.5 cm³/mol. The number of tetrazole rings is 1. The third-order valence-corrected chi connectivity index (χ3v) is 2.75. The number of nitrogens with one attached hydrogen (secondary N) is 2. The van der Waals surface area contributed by atoms with Gasteiger partial charge < -0.3 is 5.32 Å². The summed E-state index contributed by atoms with van der Waals surface area (Å²) in [6.45, 7) is 2.02. The summed E-state index contributed by atoms with van der Waals surface area (Å²) in [6, 6.07) is 2.83. The Balaban J connectivity index is 2.11. The molecule has 0 aliphatic carbocycles. The van der Waals surface area contributed by atoms with Gasteiger partial charge in [0.1, 0.15) is 5.15 Å². The van der Waals surface area contributed by atoms with Crippen molar-refractivity contribution in [3.63, 3.8) is 0 Å². The maximum atomic E-state index is 12.1. The zero-order valence-electron chi connectivity index (χ0n) is 10.3. The van der Waals surface area contributed by atoms with E-state index in [0.717, 1.165) is 12.8 Å². The van der Waals surface area contributed by atoms with E-state index in [-0.39, 0.29) is 17.1 Å². The number of aromatic nitrogens is 5. The van der Waals surface area contributed by atoms with Crippen LogP contribution in [0.25, 0.3) is 0 Å². The van der Waals surface area contributed by atoms with Crippen LogP contribution in [0.1, 0.15) is 42.0 Å². The fourth-order valence-electron chi connectivity index (χ4n) is 1.66. The highest BCUT2D eigenvalue weighted by molar-refractivity contribution is 6.29. The lowest BCUT2D eigenvalue weighted by molar-refractivity contribution is 0.0932. The Labute approximate surface area is 114 Å². The van der Waals surface area contributed by atoms with E-state index < -0.39 is 0 Å². The molecule has 0 saturated heterocycles. The number of rotatable bonds is 5. The van der Waals surface area contributed by atoms with Crippen molar-refractivity contribution < 1.29 is 4.79 Å². The lowest BCUT2D eigenvalue weighted by Gasteiger charge is -2.14. The fourth-order valence-corrected chi connectivity index (χ4v) is 1.83. The Hall–Kier alpha value is -2.02. The molecule has 2 N–H and O–H groups in total. The molecule has 0 aromatic carbocycles. The lowest BCUT2D eigenvalue weighted by atomic mass is 10.1. The molecule has 0 bridgehead atoms. The highest BCUT2D eigenvalue weighted by Crippen LogP contribution is 2.15. The lowest BCUT2D eigenvalue weighted by Crippen LogP contribution is -2.29. The Kier molecular flexibility index (Phi) is 4.40. The number of nitrogens with zero attached hydrogens (tertiary/aromatic N) is 4. The molecule has 7 nitrogen and oxygen atoms in total. The minimum Gasteiger partial charge on any atom is -0.342 e. The zero-order valence-corrected chi connectivity index (χ0v) is 11.1. The second-order valence-electron chi connectivity index (χ2n) is 3.95. The van der Waals surface area contributed by atoms with Crippen molar-refractivity contribution in [2.24, 2.45) is 0 Å². The van der Waals surface area contributed by atoms with Crippen LogP contribution in [0.2, 0.25) is 5.15 Å². The molecule has 2 aromatic heterocycles. The van der Waals surface area contributed by atoms with Gasteiger partial charge in [0.05, 0.1) is 6.04 Å². The fraction of sp³-hybridized carbons (Fsp3) is 0.364. The summed E-state index contributed by atoms with van der Waals surface area (Å²) in [7, 11) is 0. The van der Waals surface area contributed by atoms with Crippen molar-refractivity contribution >= 4 is 17.5 Å². The standard InChI is InChI=1S/C11H13ClN6O/c1-2-3-8(10-15-17-18-16-10)14-11(19)7-4-5-13-9(12)6-7/h4-6,8H,2-3H2,1H3,(H,14,19)(H,15,16,17,18)/t8-/m1/s1. The van der Waals surface area contributed by atoms with Gasteiger partial charge in [0.15, 0.2) is 5.82 Å². The highest BCUT2D eigenvalue weighted by atomic mass is 35.5. The number of pyridine rings is 1. The van der Waals surface area contributed by atoms with Gasteiger partial charge in [-0.1, -0.05) is 30.2 Å². The van der Waals surface area contributed by atoms with E-state index in [0.29, 0.717) is 11.4 Å². The number of carbonyl (C=O) groups is 1. The van der Waals surface area contributed by atoms with Gasteiger partial charge in [-0.3, -0.25) is 4.79 Å². The van der Waals surface area contributed by atoms with Crippen molar-refractivity contribution in [2.45, 2.75) is 25.8 Å². The van der Waals surface area contributed by atoms with E-state index in [1.54, 1.807) is 6.07 Å². The van der Waals surface area contributed by atoms with Crippen molar-refractivity contribution in [3.8, 4) is 0 Å². The molecular weight excluding hydrogens is 268 g/mol. The summed E-state index contributed by atoms with van der Waals surface area (Å²) in [5.41, 5.74) is 0.449. The van der Waals surface area contributed by atoms with Crippen LogP contribution in [-0.2, 0) is 0 Å². The molecule has 0 fully saturated rings. The molecule has 19 heavy (non-hydrogen) atoms. The van der Waals surface area contributed by atoms with Crippen LogP contribution >= 0.6 is 11.6 Å². The van der Waals surface area contributed by atoms with Gasteiger partial charge in [-0.15, -0.1) is 10.2 Å². The minimum absolute atomic E-state index is 0.243. The predicted octanol–water partition coefficient (Wildman–Crippen LogP) is 1.52. The normalized spacial score (nSPS) is 12.1. The van der Waals surface area contributed by atoms with Crippen LogP contribution in [0, 0.1) is 0 Å². The number of hydrogen-bond donors (Lipinski definition) is 2. The van der Waals surface area contributed by atoms with E-state index in [2.05, 4.69) is 30.9 Å². The first kappa shape index (κ1) is 13.4. The Morgan fingerprint density at radius 2 is 2.42 bits per heavy atom. The van der Waals surface area contributed by atoms with E-state index in [4.69, 9.17) is 11.6 Å². The second kappa shape index (κ2) is 6.24. The molecule has 1 atom stereocenters. The van der Waals surface area contributed by atoms with Crippen molar-refractivity contribution in [3.05, 3.63) is 34.9 Å². The quantitative estimate of drug-likeness (QED) is 0.810. The minimum atomic E-state index is -0.275. The summed E-state index contributed by atoms with van der Waals surface area (Å²) in [5.74, 6) is 0.225. The maximum Gasteiger partial charge on any atom is 0.252 e. The molecule has 0 saturated carbocycles. The van der Waals surface area contributed by atoms with Crippen molar-refractivity contribution in [2.75, 3.05) is 0 Å². The average molecular weight is 281 g/mol. The monoisotopic (exact) mass is 280 g/mol. The van der Waals surface area contributed by atoms with Crippen LogP contribution in [0.5, 0.6) is 0 Å². The summed E-state index contributed by atoms with van der Waals surface area (Å²) in [5, 5.41) is 16.8. The first-order valence-electron chi connectivity index (χ1n) is 5.86. The summed E-state index contributed by atoms with van der Waals surface area (Å²) >= 11 is 5.76. The maximum absolute atomic E-state index is 12.1. The van der Waals surface area contributed by atoms with E-state index in [1.165, 1.54) is 12.3 Å². The zero-order chi connectivity index (χ0) is 13.7. The van der Waals surface area contributed by atoms with Gasteiger partial charge in [-0.2, -0.15) is 5.21 Å². The first-order valence-corrected chi connectivity index (χ1v) is 6.24. The molecule has 1 amide bonds. The van der Waals surface area contributed by atoms with Gasteiger partial charge in [0.2, 0.25) is 0 Å². The van der Waals surface area contributed by atoms with Gasteiger partial charge in [-0.05, 0) is 18.6 Å². The van der Waals surface area contributed by atoms with Gasteiger partial charge in [0, 0.05) is 11.8 Å². The SMILES string of the molecule is CCC[C@@H](NC(=O)c1ccnc(Cl)c1)c1nn[nH]n1. The number of carbonyl (C=O) groups excluding carboxylic acids is 1. The van der Waals surface area contributed by atoms with Crippen LogP contribution < -0.4 is 5.32 Å². The third kappa shape index (κ3) is 3.47. The molecule has 8 heteroatoms. The topological polar surface area (TPSA) is 96.5 Å². The molecule has 0 aliphatic heterocycles. The van der Waals surface area contributed by atoms with E-state index in [9.17, 15) is 4.79 Å². The molecule has 100 valence electrons. The number of aromatic amines is 1.